The number of amidine groups is 1. The topological polar surface area (TPSA) is 74.1 Å². The predicted octanol–water partition coefficient (Wildman–Crippen LogP) is 0.222. The van der Waals surface area contributed by atoms with Crippen LogP contribution >= 0.6 is 0 Å². The molecule has 1 aliphatic carbocycles. The molecule has 3 atom stereocenters. The molecule has 16 heavy (non-hydrogen) atoms. The van der Waals surface area contributed by atoms with Crippen molar-refractivity contribution in [2.45, 2.75) is 44.2 Å². The number of rotatable bonds is 2. The Bertz CT molecular complexity index is 258. The molecule has 5 nitrogen and oxygen atoms in total. The third kappa shape index (κ3) is 2.72. The van der Waals surface area contributed by atoms with Gasteiger partial charge in [0.25, 0.3) is 0 Å². The van der Waals surface area contributed by atoms with E-state index in [9.17, 15) is 5.11 Å². The molecular weight excluding hydrogens is 208 g/mol. The van der Waals surface area contributed by atoms with Crippen LogP contribution in [0.4, 0.5) is 0 Å². The SMILES string of the molecule is OCC1CONC(C2CCCCCC2O)=N1. The first kappa shape index (κ1) is 11.8. The van der Waals surface area contributed by atoms with Crippen LogP contribution in [0.2, 0.25) is 0 Å². The molecule has 0 radical (unpaired) electrons. The average Bonchev–Trinajstić information content (AvgIpc) is 2.54. The zero-order valence-corrected chi connectivity index (χ0v) is 9.43. The van der Waals surface area contributed by atoms with E-state index in [0.29, 0.717) is 12.4 Å². The summed E-state index contributed by atoms with van der Waals surface area (Å²) in [5.74, 6) is 0.747. The van der Waals surface area contributed by atoms with Crippen molar-refractivity contribution >= 4 is 5.84 Å². The average molecular weight is 228 g/mol. The van der Waals surface area contributed by atoms with E-state index in [1.807, 2.05) is 0 Å². The van der Waals surface area contributed by atoms with Crippen molar-refractivity contribution < 1.29 is 15.1 Å². The standard InChI is InChI=1S/C11H20N2O3/c14-6-8-7-16-13-11(12-8)9-4-2-1-3-5-10(9)15/h8-10,14-15H,1-7H2,(H,12,13). The molecule has 1 heterocycles. The van der Waals surface area contributed by atoms with Crippen molar-refractivity contribution in [2.75, 3.05) is 13.2 Å². The van der Waals surface area contributed by atoms with Gasteiger partial charge in [-0.25, -0.2) is 0 Å². The molecule has 1 fully saturated rings. The predicted molar refractivity (Wildman–Crippen MR) is 60.0 cm³/mol. The fourth-order valence-electron chi connectivity index (χ4n) is 2.34. The Balaban J connectivity index is 2.06. The fraction of sp³-hybridized carbons (Fsp3) is 0.909. The van der Waals surface area contributed by atoms with Crippen LogP contribution in [0.3, 0.4) is 0 Å². The Morgan fingerprint density at radius 3 is 2.94 bits per heavy atom. The number of hydrogen-bond donors (Lipinski definition) is 3. The van der Waals surface area contributed by atoms with Gasteiger partial charge in [0, 0.05) is 5.92 Å². The molecule has 3 N–H and O–H groups in total. The molecule has 3 unspecified atom stereocenters. The van der Waals surface area contributed by atoms with Crippen LogP contribution in [0, 0.1) is 5.92 Å². The van der Waals surface area contributed by atoms with Gasteiger partial charge >= 0.3 is 0 Å². The van der Waals surface area contributed by atoms with Gasteiger partial charge in [-0.1, -0.05) is 19.3 Å². The van der Waals surface area contributed by atoms with Crippen molar-refractivity contribution in [3.05, 3.63) is 0 Å². The molecule has 0 amide bonds. The van der Waals surface area contributed by atoms with Crippen LogP contribution in [0.1, 0.15) is 32.1 Å². The molecular formula is C11H20N2O3. The van der Waals surface area contributed by atoms with Gasteiger partial charge in [0.15, 0.2) is 0 Å². The lowest BCUT2D eigenvalue weighted by Gasteiger charge is -2.27. The molecule has 0 bridgehead atoms. The minimum atomic E-state index is -0.338. The van der Waals surface area contributed by atoms with Crippen molar-refractivity contribution in [3.8, 4) is 0 Å². The zero-order chi connectivity index (χ0) is 11.4. The van der Waals surface area contributed by atoms with Crippen LogP contribution in [-0.2, 0) is 4.84 Å². The largest absolute Gasteiger partial charge is 0.394 e. The van der Waals surface area contributed by atoms with E-state index in [2.05, 4.69) is 10.5 Å². The number of nitrogens with one attached hydrogen (secondary N) is 1. The third-order valence-electron chi connectivity index (χ3n) is 3.32. The van der Waals surface area contributed by atoms with Crippen LogP contribution in [0.25, 0.3) is 0 Å². The smallest absolute Gasteiger partial charge is 0.127 e. The number of hydroxylamine groups is 1. The maximum absolute atomic E-state index is 10.0. The van der Waals surface area contributed by atoms with Gasteiger partial charge in [0.1, 0.15) is 11.9 Å². The van der Waals surface area contributed by atoms with Gasteiger partial charge in [0.05, 0.1) is 19.3 Å². The van der Waals surface area contributed by atoms with E-state index < -0.39 is 0 Å². The van der Waals surface area contributed by atoms with Crippen molar-refractivity contribution in [2.24, 2.45) is 10.9 Å². The van der Waals surface area contributed by atoms with Crippen LogP contribution in [0.5, 0.6) is 0 Å². The lowest BCUT2D eigenvalue weighted by molar-refractivity contribution is 0.0366. The first-order chi connectivity index (χ1) is 7.81. The first-order valence-corrected chi connectivity index (χ1v) is 6.05. The summed E-state index contributed by atoms with van der Waals surface area (Å²) < 4.78 is 0. The minimum absolute atomic E-state index is 0.00596. The van der Waals surface area contributed by atoms with Crippen LogP contribution < -0.4 is 5.48 Å². The molecule has 0 aromatic rings. The fourth-order valence-corrected chi connectivity index (χ4v) is 2.34. The minimum Gasteiger partial charge on any atom is -0.394 e. The van der Waals surface area contributed by atoms with Crippen LogP contribution in [-0.4, -0.2) is 41.4 Å². The summed E-state index contributed by atoms with van der Waals surface area (Å²) in [5, 5.41) is 19.1. The number of nitrogens with zero attached hydrogens (tertiary/aromatic N) is 1. The Hall–Kier alpha value is -0.650. The van der Waals surface area contributed by atoms with E-state index in [-0.39, 0.29) is 24.7 Å². The number of aliphatic imine (C=N–C) groups is 1. The van der Waals surface area contributed by atoms with Crippen molar-refractivity contribution in [1.29, 1.82) is 0 Å². The molecule has 1 aliphatic heterocycles. The molecule has 92 valence electrons. The zero-order valence-electron chi connectivity index (χ0n) is 9.43. The second-order valence-electron chi connectivity index (χ2n) is 4.58. The monoisotopic (exact) mass is 228 g/mol. The highest BCUT2D eigenvalue weighted by Crippen LogP contribution is 2.25. The molecule has 1 saturated carbocycles. The summed E-state index contributed by atoms with van der Waals surface area (Å²) in [6.45, 7) is 0.386. The summed E-state index contributed by atoms with van der Waals surface area (Å²) >= 11 is 0. The quantitative estimate of drug-likeness (QED) is 0.591. The molecule has 0 aromatic carbocycles. The molecule has 2 aliphatic rings. The lowest BCUT2D eigenvalue weighted by Crippen LogP contribution is -2.43. The van der Waals surface area contributed by atoms with Crippen LogP contribution in [0.15, 0.2) is 4.99 Å². The number of aliphatic hydroxyl groups excluding tert-OH is 2. The van der Waals surface area contributed by atoms with E-state index in [4.69, 9.17) is 9.94 Å². The highest BCUT2D eigenvalue weighted by molar-refractivity contribution is 5.84. The molecule has 0 saturated heterocycles. The summed E-state index contributed by atoms with van der Waals surface area (Å²) in [4.78, 5) is 9.56. The summed E-state index contributed by atoms with van der Waals surface area (Å²) in [6.07, 6.45) is 4.80. The van der Waals surface area contributed by atoms with E-state index >= 15 is 0 Å². The molecule has 0 aromatic heterocycles. The Morgan fingerprint density at radius 1 is 1.31 bits per heavy atom. The van der Waals surface area contributed by atoms with Crippen molar-refractivity contribution in [1.82, 2.24) is 5.48 Å². The van der Waals surface area contributed by atoms with Gasteiger partial charge in [-0.3, -0.25) is 15.3 Å². The maximum Gasteiger partial charge on any atom is 0.127 e. The van der Waals surface area contributed by atoms with Gasteiger partial charge in [-0.2, -0.15) is 0 Å². The van der Waals surface area contributed by atoms with Gasteiger partial charge < -0.3 is 10.2 Å². The van der Waals surface area contributed by atoms with E-state index in [1.54, 1.807) is 0 Å². The van der Waals surface area contributed by atoms with E-state index in [1.165, 1.54) is 6.42 Å². The Labute approximate surface area is 95.5 Å². The van der Waals surface area contributed by atoms with Gasteiger partial charge in [-0.15, -0.1) is 0 Å². The lowest BCUT2D eigenvalue weighted by atomic mass is 9.96. The molecule has 2 rings (SSSR count). The summed E-state index contributed by atoms with van der Waals surface area (Å²) in [6, 6.07) is -0.188. The summed E-state index contributed by atoms with van der Waals surface area (Å²) in [7, 11) is 0. The first-order valence-electron chi connectivity index (χ1n) is 6.05. The Morgan fingerprint density at radius 2 is 2.12 bits per heavy atom. The summed E-state index contributed by atoms with van der Waals surface area (Å²) in [5.41, 5.74) is 2.79. The molecule has 0 spiro atoms. The highest BCUT2D eigenvalue weighted by atomic mass is 16.6. The van der Waals surface area contributed by atoms with E-state index in [0.717, 1.165) is 25.7 Å². The third-order valence-corrected chi connectivity index (χ3v) is 3.32. The number of hydrogen-bond acceptors (Lipinski definition) is 5. The normalized spacial score (nSPS) is 36.1. The highest BCUT2D eigenvalue weighted by Gasteiger charge is 2.29. The van der Waals surface area contributed by atoms with Gasteiger partial charge in [-0.05, 0) is 12.8 Å². The van der Waals surface area contributed by atoms with Gasteiger partial charge in [0.2, 0.25) is 0 Å². The second-order valence-corrected chi connectivity index (χ2v) is 4.58. The number of aliphatic hydroxyl groups is 2. The Kier molecular flexibility index (Phi) is 4.15. The second kappa shape index (κ2) is 5.61. The maximum atomic E-state index is 10.0. The van der Waals surface area contributed by atoms with Crippen molar-refractivity contribution in [3.63, 3.8) is 0 Å². The molecule has 5 heteroatoms.